The van der Waals surface area contributed by atoms with E-state index in [4.69, 9.17) is 4.74 Å². The molecule has 0 saturated heterocycles. The standard InChI is InChI=1S/C23H32N4O2/c1-5-24-22(26-16-21(28)27-23(2,3)4)25-15-19-13-9-10-14-20(19)29-17-18-11-7-6-8-12-18/h6-14H,5,15-17H2,1-4H3,(H,27,28)(H2,24,25,26). The van der Waals surface area contributed by atoms with E-state index in [1.165, 1.54) is 0 Å². The zero-order valence-corrected chi connectivity index (χ0v) is 17.8. The number of aliphatic imine (C=N–C) groups is 1. The van der Waals surface area contributed by atoms with E-state index in [0.29, 0.717) is 25.7 Å². The molecule has 0 aliphatic rings. The SMILES string of the molecule is CCNC(=NCc1ccccc1OCc1ccccc1)NCC(=O)NC(C)(C)C. The van der Waals surface area contributed by atoms with E-state index in [1.807, 2.05) is 82.3 Å². The molecule has 0 radical (unpaired) electrons. The van der Waals surface area contributed by atoms with E-state index in [-0.39, 0.29) is 18.0 Å². The van der Waals surface area contributed by atoms with Crippen molar-refractivity contribution in [3.63, 3.8) is 0 Å². The number of hydrogen-bond acceptors (Lipinski definition) is 3. The molecule has 3 N–H and O–H groups in total. The van der Waals surface area contributed by atoms with Crippen molar-refractivity contribution in [2.45, 2.75) is 46.4 Å². The fourth-order valence-corrected chi connectivity index (χ4v) is 2.64. The third kappa shape index (κ3) is 8.68. The van der Waals surface area contributed by atoms with Gasteiger partial charge in [-0.05, 0) is 39.3 Å². The molecule has 0 saturated carbocycles. The van der Waals surface area contributed by atoms with Crippen molar-refractivity contribution in [2.75, 3.05) is 13.1 Å². The molecule has 0 aliphatic heterocycles. The molecule has 0 spiro atoms. The molecule has 0 bridgehead atoms. The number of hydrogen-bond donors (Lipinski definition) is 3. The maximum atomic E-state index is 12.0. The second kappa shape index (κ2) is 11.1. The summed E-state index contributed by atoms with van der Waals surface area (Å²) in [7, 11) is 0. The summed E-state index contributed by atoms with van der Waals surface area (Å²) in [6.45, 7) is 9.68. The Labute approximate surface area is 173 Å². The fourth-order valence-electron chi connectivity index (χ4n) is 2.64. The third-order valence-corrected chi connectivity index (χ3v) is 3.89. The van der Waals surface area contributed by atoms with Crippen molar-refractivity contribution >= 4 is 11.9 Å². The molecule has 1 amide bonds. The topological polar surface area (TPSA) is 74.8 Å². The van der Waals surface area contributed by atoms with Gasteiger partial charge in [0, 0.05) is 17.6 Å². The average molecular weight is 397 g/mol. The number of benzene rings is 2. The number of para-hydroxylation sites is 1. The van der Waals surface area contributed by atoms with Gasteiger partial charge in [-0.2, -0.15) is 0 Å². The Hall–Kier alpha value is -3.02. The quantitative estimate of drug-likeness (QED) is 0.473. The lowest BCUT2D eigenvalue weighted by Crippen LogP contribution is -2.48. The predicted octanol–water partition coefficient (Wildman–Crippen LogP) is 3.24. The van der Waals surface area contributed by atoms with Crippen LogP contribution in [0.4, 0.5) is 0 Å². The largest absolute Gasteiger partial charge is 0.489 e. The van der Waals surface area contributed by atoms with Gasteiger partial charge in [0.25, 0.3) is 0 Å². The van der Waals surface area contributed by atoms with Crippen LogP contribution in [0, 0.1) is 0 Å². The summed E-state index contributed by atoms with van der Waals surface area (Å²) in [5, 5.41) is 9.17. The van der Waals surface area contributed by atoms with Crippen molar-refractivity contribution < 1.29 is 9.53 Å². The molecule has 156 valence electrons. The Kier molecular flexibility index (Phi) is 8.52. The second-order valence-corrected chi connectivity index (χ2v) is 7.73. The minimum absolute atomic E-state index is 0.0744. The van der Waals surface area contributed by atoms with Gasteiger partial charge in [-0.15, -0.1) is 0 Å². The minimum Gasteiger partial charge on any atom is -0.489 e. The predicted molar refractivity (Wildman–Crippen MR) is 118 cm³/mol. The van der Waals surface area contributed by atoms with Gasteiger partial charge in [-0.25, -0.2) is 4.99 Å². The molecule has 2 aromatic carbocycles. The highest BCUT2D eigenvalue weighted by atomic mass is 16.5. The van der Waals surface area contributed by atoms with Crippen LogP contribution in [-0.2, 0) is 17.9 Å². The average Bonchev–Trinajstić information content (AvgIpc) is 2.68. The van der Waals surface area contributed by atoms with Crippen LogP contribution in [0.1, 0.15) is 38.8 Å². The van der Waals surface area contributed by atoms with Gasteiger partial charge in [-0.3, -0.25) is 4.79 Å². The number of guanidine groups is 1. The van der Waals surface area contributed by atoms with Crippen LogP contribution in [0.25, 0.3) is 0 Å². The minimum atomic E-state index is -0.261. The van der Waals surface area contributed by atoms with E-state index < -0.39 is 0 Å². The molecule has 2 aromatic rings. The highest BCUT2D eigenvalue weighted by Gasteiger charge is 2.13. The van der Waals surface area contributed by atoms with Crippen molar-refractivity contribution in [3.8, 4) is 5.75 Å². The van der Waals surface area contributed by atoms with E-state index in [2.05, 4.69) is 20.9 Å². The summed E-state index contributed by atoms with van der Waals surface area (Å²) >= 11 is 0. The molecule has 0 fully saturated rings. The van der Waals surface area contributed by atoms with Gasteiger partial charge in [0.1, 0.15) is 12.4 Å². The number of rotatable bonds is 8. The van der Waals surface area contributed by atoms with E-state index in [1.54, 1.807) is 0 Å². The van der Waals surface area contributed by atoms with Gasteiger partial charge in [0.15, 0.2) is 5.96 Å². The molecule has 0 aromatic heterocycles. The Morgan fingerprint density at radius 2 is 1.69 bits per heavy atom. The summed E-state index contributed by atoms with van der Waals surface area (Å²) < 4.78 is 5.99. The van der Waals surface area contributed by atoms with Gasteiger partial charge in [-0.1, -0.05) is 48.5 Å². The maximum Gasteiger partial charge on any atom is 0.239 e. The third-order valence-electron chi connectivity index (χ3n) is 3.89. The first-order valence-corrected chi connectivity index (χ1v) is 9.95. The van der Waals surface area contributed by atoms with Crippen LogP contribution in [0.2, 0.25) is 0 Å². The smallest absolute Gasteiger partial charge is 0.239 e. The highest BCUT2D eigenvalue weighted by molar-refractivity contribution is 5.86. The molecule has 0 unspecified atom stereocenters. The monoisotopic (exact) mass is 396 g/mol. The molecule has 6 heteroatoms. The molecular weight excluding hydrogens is 364 g/mol. The molecule has 0 atom stereocenters. The molecule has 29 heavy (non-hydrogen) atoms. The van der Waals surface area contributed by atoms with Crippen LogP contribution < -0.4 is 20.7 Å². The lowest BCUT2D eigenvalue weighted by atomic mass is 10.1. The van der Waals surface area contributed by atoms with Gasteiger partial charge in [0.05, 0.1) is 13.1 Å². The lowest BCUT2D eigenvalue weighted by molar-refractivity contribution is -0.121. The number of amides is 1. The molecule has 2 rings (SSSR count). The first-order chi connectivity index (χ1) is 13.9. The van der Waals surface area contributed by atoms with Crippen LogP contribution >= 0.6 is 0 Å². The first-order valence-electron chi connectivity index (χ1n) is 9.95. The van der Waals surface area contributed by atoms with Crippen LogP contribution in [0.5, 0.6) is 5.75 Å². The zero-order chi connectivity index (χ0) is 21.1. The van der Waals surface area contributed by atoms with Crippen molar-refractivity contribution in [2.24, 2.45) is 4.99 Å². The van der Waals surface area contributed by atoms with Crippen molar-refractivity contribution in [1.29, 1.82) is 0 Å². The van der Waals surface area contributed by atoms with E-state index >= 15 is 0 Å². The van der Waals surface area contributed by atoms with E-state index in [9.17, 15) is 4.79 Å². The fraction of sp³-hybridized carbons (Fsp3) is 0.391. The Bertz CT molecular complexity index is 798. The van der Waals surface area contributed by atoms with Crippen LogP contribution in [-0.4, -0.2) is 30.5 Å². The number of nitrogens with zero attached hydrogens (tertiary/aromatic N) is 1. The number of carbonyl (C=O) groups excluding carboxylic acids is 1. The first kappa shape index (κ1) is 22.3. The van der Waals surface area contributed by atoms with Gasteiger partial charge >= 0.3 is 0 Å². The normalized spacial score (nSPS) is 11.7. The number of carbonyl (C=O) groups is 1. The maximum absolute atomic E-state index is 12.0. The summed E-state index contributed by atoms with van der Waals surface area (Å²) in [6, 6.07) is 17.9. The van der Waals surface area contributed by atoms with Crippen molar-refractivity contribution in [3.05, 3.63) is 65.7 Å². The molecule has 6 nitrogen and oxygen atoms in total. The Balaban J connectivity index is 1.98. The summed E-state index contributed by atoms with van der Waals surface area (Å²) in [6.07, 6.45) is 0. The highest BCUT2D eigenvalue weighted by Crippen LogP contribution is 2.20. The Morgan fingerprint density at radius 3 is 2.38 bits per heavy atom. The lowest BCUT2D eigenvalue weighted by Gasteiger charge is -2.21. The molecular formula is C23H32N4O2. The molecule has 0 heterocycles. The van der Waals surface area contributed by atoms with Gasteiger partial charge < -0.3 is 20.7 Å². The summed E-state index contributed by atoms with van der Waals surface area (Å²) in [5.74, 6) is 1.32. The van der Waals surface area contributed by atoms with Crippen molar-refractivity contribution in [1.82, 2.24) is 16.0 Å². The number of ether oxygens (including phenoxy) is 1. The van der Waals surface area contributed by atoms with Gasteiger partial charge in [0.2, 0.25) is 5.91 Å². The Morgan fingerprint density at radius 1 is 1.00 bits per heavy atom. The number of nitrogens with one attached hydrogen (secondary N) is 3. The summed E-state index contributed by atoms with van der Waals surface area (Å²) in [5.41, 5.74) is 1.84. The zero-order valence-electron chi connectivity index (χ0n) is 17.8. The second-order valence-electron chi connectivity index (χ2n) is 7.73. The summed E-state index contributed by atoms with van der Waals surface area (Å²) in [4.78, 5) is 16.6. The van der Waals surface area contributed by atoms with E-state index in [0.717, 1.165) is 16.9 Å². The van der Waals surface area contributed by atoms with Crippen LogP contribution in [0.15, 0.2) is 59.6 Å². The van der Waals surface area contributed by atoms with Crippen LogP contribution in [0.3, 0.4) is 0 Å². The molecule has 0 aliphatic carbocycles.